The van der Waals surface area contributed by atoms with E-state index >= 15 is 0 Å². The van der Waals surface area contributed by atoms with E-state index in [9.17, 15) is 9.59 Å². The van der Waals surface area contributed by atoms with Gasteiger partial charge in [-0.3, -0.25) is 14.6 Å². The molecule has 3 amide bonds. The highest BCUT2D eigenvalue weighted by atomic mass is 16.5. The van der Waals surface area contributed by atoms with Crippen molar-refractivity contribution in [1.82, 2.24) is 20.0 Å². The Labute approximate surface area is 190 Å². The van der Waals surface area contributed by atoms with Crippen molar-refractivity contribution in [3.8, 4) is 11.5 Å². The summed E-state index contributed by atoms with van der Waals surface area (Å²) in [7, 11) is 3.31. The molecular formula is C24H36N4O4. The second-order valence-corrected chi connectivity index (χ2v) is 9.33. The van der Waals surface area contributed by atoms with Gasteiger partial charge < -0.3 is 14.8 Å². The number of piperazine rings is 1. The van der Waals surface area contributed by atoms with E-state index in [1.165, 1.54) is 16.0 Å². The molecule has 2 aliphatic heterocycles. The Morgan fingerprint density at radius 1 is 0.906 bits per heavy atom. The molecule has 4 rings (SSSR count). The number of hydrogen-bond acceptors (Lipinski definition) is 6. The first-order valence-electron chi connectivity index (χ1n) is 11.8. The summed E-state index contributed by atoms with van der Waals surface area (Å²) in [6.45, 7) is 6.76. The standard InChI is InChI=1S/C24H36N4O4/c1-18-14-20(31-2)21(32-3)15-19(18)16-26-10-12-27(13-11-26)17-28-22(29)24(25-23(28)30)8-6-4-5-7-9-24/h14-15H,4-13,16-17H2,1-3H3,(H,25,30). The van der Waals surface area contributed by atoms with Gasteiger partial charge in [0, 0.05) is 32.7 Å². The van der Waals surface area contributed by atoms with Gasteiger partial charge in [0.05, 0.1) is 20.9 Å². The summed E-state index contributed by atoms with van der Waals surface area (Å²) in [5, 5.41) is 3.04. The zero-order chi connectivity index (χ0) is 22.7. The second kappa shape index (κ2) is 9.67. The summed E-state index contributed by atoms with van der Waals surface area (Å²) < 4.78 is 10.9. The minimum Gasteiger partial charge on any atom is -0.493 e. The van der Waals surface area contributed by atoms with Crippen molar-refractivity contribution in [1.29, 1.82) is 0 Å². The van der Waals surface area contributed by atoms with Crippen LogP contribution in [0, 0.1) is 6.92 Å². The first-order valence-corrected chi connectivity index (χ1v) is 11.8. The molecule has 1 N–H and O–H groups in total. The van der Waals surface area contributed by atoms with Crippen molar-refractivity contribution >= 4 is 11.9 Å². The van der Waals surface area contributed by atoms with Gasteiger partial charge in [-0.15, -0.1) is 0 Å². The average Bonchev–Trinajstić information content (AvgIpc) is 2.95. The van der Waals surface area contributed by atoms with Gasteiger partial charge in [0.25, 0.3) is 5.91 Å². The first kappa shape index (κ1) is 22.9. The third-order valence-electron chi connectivity index (χ3n) is 7.25. The fourth-order valence-electron chi connectivity index (χ4n) is 5.20. The average molecular weight is 445 g/mol. The van der Waals surface area contributed by atoms with E-state index in [0.717, 1.165) is 82.7 Å². The van der Waals surface area contributed by atoms with Gasteiger partial charge in [-0.1, -0.05) is 25.7 Å². The van der Waals surface area contributed by atoms with E-state index in [-0.39, 0.29) is 11.9 Å². The minimum absolute atomic E-state index is 0.0206. The van der Waals surface area contributed by atoms with Crippen molar-refractivity contribution in [3.05, 3.63) is 23.3 Å². The summed E-state index contributed by atoms with van der Waals surface area (Å²) in [6, 6.07) is 3.85. The Kier molecular flexibility index (Phi) is 6.90. The van der Waals surface area contributed by atoms with Crippen LogP contribution in [0.4, 0.5) is 4.79 Å². The Morgan fingerprint density at radius 3 is 2.12 bits per heavy atom. The Bertz CT molecular complexity index is 843. The van der Waals surface area contributed by atoms with Crippen LogP contribution in [0.1, 0.15) is 49.7 Å². The number of rotatable bonds is 6. The summed E-state index contributed by atoms with van der Waals surface area (Å²) in [4.78, 5) is 31.9. The maximum Gasteiger partial charge on any atom is 0.326 e. The molecule has 0 bridgehead atoms. The molecule has 32 heavy (non-hydrogen) atoms. The van der Waals surface area contributed by atoms with Gasteiger partial charge in [-0.2, -0.15) is 0 Å². The third-order valence-corrected chi connectivity index (χ3v) is 7.25. The lowest BCUT2D eigenvalue weighted by atomic mass is 9.90. The van der Waals surface area contributed by atoms with Crippen molar-refractivity contribution in [2.24, 2.45) is 0 Å². The summed E-state index contributed by atoms with van der Waals surface area (Å²) in [5.74, 6) is 1.48. The molecular weight excluding hydrogens is 408 g/mol. The molecule has 2 saturated heterocycles. The Hall–Kier alpha value is -2.32. The number of carbonyl (C=O) groups is 2. The fourth-order valence-corrected chi connectivity index (χ4v) is 5.20. The minimum atomic E-state index is -0.652. The van der Waals surface area contributed by atoms with Crippen LogP contribution in [0.25, 0.3) is 0 Å². The van der Waals surface area contributed by atoms with Gasteiger partial charge in [-0.05, 0) is 43.0 Å². The Morgan fingerprint density at radius 2 is 1.50 bits per heavy atom. The lowest BCUT2D eigenvalue weighted by Crippen LogP contribution is -2.51. The molecule has 3 aliphatic rings. The fraction of sp³-hybridized carbons (Fsp3) is 0.667. The molecule has 8 heteroatoms. The molecule has 176 valence electrons. The van der Waals surface area contributed by atoms with Crippen molar-refractivity contribution in [2.45, 2.75) is 57.5 Å². The number of amides is 3. The number of carbonyl (C=O) groups excluding carboxylic acids is 2. The second-order valence-electron chi connectivity index (χ2n) is 9.33. The highest BCUT2D eigenvalue weighted by Gasteiger charge is 2.51. The highest BCUT2D eigenvalue weighted by molar-refractivity contribution is 6.07. The molecule has 3 fully saturated rings. The van der Waals surface area contributed by atoms with Gasteiger partial charge >= 0.3 is 6.03 Å². The largest absolute Gasteiger partial charge is 0.493 e. The van der Waals surface area contributed by atoms with Crippen molar-refractivity contribution in [2.75, 3.05) is 47.1 Å². The number of aryl methyl sites for hydroxylation is 1. The maximum absolute atomic E-state index is 13.2. The van der Waals surface area contributed by atoms with Crippen molar-refractivity contribution < 1.29 is 19.1 Å². The van der Waals surface area contributed by atoms with Gasteiger partial charge in [0.2, 0.25) is 0 Å². The van der Waals surface area contributed by atoms with E-state index in [2.05, 4.69) is 28.1 Å². The smallest absolute Gasteiger partial charge is 0.326 e. The SMILES string of the molecule is COc1cc(C)c(CN2CCN(CN3C(=O)NC4(CCCCCC4)C3=O)CC2)cc1OC. The number of nitrogens with one attached hydrogen (secondary N) is 1. The molecule has 0 atom stereocenters. The van der Waals surface area contributed by atoms with E-state index in [0.29, 0.717) is 6.67 Å². The quantitative estimate of drug-likeness (QED) is 0.680. The van der Waals surface area contributed by atoms with Crippen LogP contribution in [0.2, 0.25) is 0 Å². The molecule has 8 nitrogen and oxygen atoms in total. The summed E-state index contributed by atoms with van der Waals surface area (Å²) in [6.07, 6.45) is 5.85. The number of imide groups is 1. The zero-order valence-electron chi connectivity index (χ0n) is 19.6. The summed E-state index contributed by atoms with van der Waals surface area (Å²) in [5.41, 5.74) is 1.75. The predicted molar refractivity (Wildman–Crippen MR) is 122 cm³/mol. The predicted octanol–water partition coefficient (Wildman–Crippen LogP) is 2.73. The monoisotopic (exact) mass is 444 g/mol. The number of urea groups is 1. The normalized spacial score (nSPS) is 22.2. The van der Waals surface area contributed by atoms with Crippen LogP contribution in [0.5, 0.6) is 11.5 Å². The lowest BCUT2D eigenvalue weighted by Gasteiger charge is -2.36. The Balaban J connectivity index is 1.33. The first-order chi connectivity index (χ1) is 15.5. The van der Waals surface area contributed by atoms with Crippen LogP contribution >= 0.6 is 0 Å². The number of ether oxygens (including phenoxy) is 2. The van der Waals surface area contributed by atoms with Crippen LogP contribution in [-0.4, -0.2) is 79.2 Å². The van der Waals surface area contributed by atoms with Crippen LogP contribution < -0.4 is 14.8 Å². The molecule has 2 heterocycles. The van der Waals surface area contributed by atoms with E-state index < -0.39 is 5.54 Å². The highest BCUT2D eigenvalue weighted by Crippen LogP contribution is 2.33. The van der Waals surface area contributed by atoms with E-state index in [1.54, 1.807) is 14.2 Å². The molecule has 0 radical (unpaired) electrons. The number of hydrogen-bond donors (Lipinski definition) is 1. The molecule has 0 unspecified atom stereocenters. The van der Waals surface area contributed by atoms with E-state index in [1.807, 2.05) is 6.07 Å². The number of nitrogens with zero attached hydrogens (tertiary/aromatic N) is 3. The van der Waals surface area contributed by atoms with Crippen molar-refractivity contribution in [3.63, 3.8) is 0 Å². The summed E-state index contributed by atoms with van der Waals surface area (Å²) >= 11 is 0. The van der Waals surface area contributed by atoms with Gasteiger partial charge in [0.15, 0.2) is 11.5 Å². The topological polar surface area (TPSA) is 74.4 Å². The van der Waals surface area contributed by atoms with Crippen LogP contribution in [0.15, 0.2) is 12.1 Å². The maximum atomic E-state index is 13.2. The molecule has 1 aliphatic carbocycles. The van der Waals surface area contributed by atoms with Crippen LogP contribution in [0.3, 0.4) is 0 Å². The zero-order valence-corrected chi connectivity index (χ0v) is 19.6. The van der Waals surface area contributed by atoms with Crippen LogP contribution in [-0.2, 0) is 11.3 Å². The third kappa shape index (κ3) is 4.57. The van der Waals surface area contributed by atoms with Gasteiger partial charge in [-0.25, -0.2) is 9.69 Å². The molecule has 0 aromatic heterocycles. The molecule has 1 spiro atoms. The molecule has 1 saturated carbocycles. The molecule has 1 aromatic carbocycles. The molecule has 1 aromatic rings. The number of benzene rings is 1. The lowest BCUT2D eigenvalue weighted by molar-refractivity contribution is -0.133. The van der Waals surface area contributed by atoms with E-state index in [4.69, 9.17) is 9.47 Å². The number of methoxy groups -OCH3 is 2. The van der Waals surface area contributed by atoms with Gasteiger partial charge in [0.1, 0.15) is 5.54 Å².